The van der Waals surface area contributed by atoms with Gasteiger partial charge in [0.1, 0.15) is 12.1 Å². The minimum atomic E-state index is -0.663. The number of hydrogen-bond donors (Lipinski definition) is 1. The molecule has 0 bridgehead atoms. The molecule has 0 aliphatic heterocycles. The zero-order chi connectivity index (χ0) is 29.8. The van der Waals surface area contributed by atoms with Crippen molar-refractivity contribution in [2.24, 2.45) is 0 Å². The van der Waals surface area contributed by atoms with E-state index in [2.05, 4.69) is 102 Å². The minimum Gasteiger partial charge on any atom is -0.444 e. The van der Waals surface area contributed by atoms with Crippen LogP contribution in [0.2, 0.25) is 0 Å². The van der Waals surface area contributed by atoms with Crippen molar-refractivity contribution in [2.75, 3.05) is 32.0 Å². The van der Waals surface area contributed by atoms with Gasteiger partial charge in [-0.25, -0.2) is 4.79 Å². The second-order valence-electron chi connectivity index (χ2n) is 10.9. The molecule has 0 heterocycles. The first-order valence-electron chi connectivity index (χ1n) is 14.3. The molecular formula is C35H40N2O3P2. The standard InChI is InChI=1S/C35H40N2O3P2/c1-35(2,3)40-34(39)36-28-33(38)37(24-26-41(29-16-8-4-9-17-29)30-18-10-5-11-19-30)25-27-42(31-20-12-6-13-21-31)32-22-14-7-15-23-32/h4-23H,24-28H2,1-3H3,(H,36,39). The van der Waals surface area contributed by atoms with E-state index in [4.69, 9.17) is 4.74 Å². The van der Waals surface area contributed by atoms with Gasteiger partial charge < -0.3 is 15.0 Å². The molecule has 5 nitrogen and oxygen atoms in total. The molecule has 4 aromatic rings. The Bertz CT molecular complexity index is 1220. The topological polar surface area (TPSA) is 58.6 Å². The number of nitrogens with zero attached hydrogens (tertiary/aromatic N) is 1. The Labute approximate surface area is 252 Å². The molecule has 0 aliphatic carbocycles. The van der Waals surface area contributed by atoms with Crippen molar-refractivity contribution >= 4 is 49.1 Å². The second-order valence-corrected chi connectivity index (χ2v) is 15.6. The summed E-state index contributed by atoms with van der Waals surface area (Å²) in [5.41, 5.74) is -0.630. The molecule has 0 saturated heterocycles. The number of nitrogens with one attached hydrogen (secondary N) is 1. The van der Waals surface area contributed by atoms with Gasteiger partial charge in [-0.1, -0.05) is 121 Å². The average molecular weight is 599 g/mol. The summed E-state index contributed by atoms with van der Waals surface area (Å²) in [5, 5.41) is 7.82. The SMILES string of the molecule is CC(C)(C)OC(=O)NCC(=O)N(CCP(c1ccccc1)c1ccccc1)CCP(c1ccccc1)c1ccccc1. The first-order chi connectivity index (χ1) is 20.3. The van der Waals surface area contributed by atoms with Crippen molar-refractivity contribution in [1.29, 1.82) is 0 Å². The zero-order valence-electron chi connectivity index (χ0n) is 24.6. The smallest absolute Gasteiger partial charge is 0.408 e. The van der Waals surface area contributed by atoms with Gasteiger partial charge in [0.2, 0.25) is 5.91 Å². The van der Waals surface area contributed by atoms with Gasteiger partial charge in [-0.2, -0.15) is 0 Å². The van der Waals surface area contributed by atoms with Crippen molar-refractivity contribution in [2.45, 2.75) is 26.4 Å². The van der Waals surface area contributed by atoms with Crippen molar-refractivity contribution in [3.05, 3.63) is 121 Å². The molecule has 4 aromatic carbocycles. The summed E-state index contributed by atoms with van der Waals surface area (Å²) in [5.74, 6) is -0.104. The summed E-state index contributed by atoms with van der Waals surface area (Å²) < 4.78 is 5.38. The van der Waals surface area contributed by atoms with E-state index in [1.807, 2.05) is 49.9 Å². The Hall–Kier alpha value is -3.52. The third kappa shape index (κ3) is 9.79. The number of carbonyl (C=O) groups excluding carboxylic acids is 2. The van der Waals surface area contributed by atoms with Crippen molar-refractivity contribution < 1.29 is 14.3 Å². The lowest BCUT2D eigenvalue weighted by atomic mass is 10.2. The number of alkyl carbamates (subject to hydrolysis) is 1. The van der Waals surface area contributed by atoms with Gasteiger partial charge >= 0.3 is 6.09 Å². The van der Waals surface area contributed by atoms with Gasteiger partial charge in [0.25, 0.3) is 0 Å². The molecule has 0 saturated carbocycles. The van der Waals surface area contributed by atoms with Gasteiger partial charge in [-0.15, -0.1) is 0 Å². The number of ether oxygens (including phenoxy) is 1. The number of hydrogen-bond acceptors (Lipinski definition) is 3. The summed E-state index contributed by atoms with van der Waals surface area (Å²) in [7, 11) is -1.33. The summed E-state index contributed by atoms with van der Waals surface area (Å²) >= 11 is 0. The van der Waals surface area contributed by atoms with Crippen LogP contribution in [0.1, 0.15) is 20.8 Å². The van der Waals surface area contributed by atoms with Crippen molar-refractivity contribution in [3.8, 4) is 0 Å². The first kappa shape index (κ1) is 31.4. The van der Waals surface area contributed by atoms with E-state index in [0.29, 0.717) is 13.1 Å². The number of benzene rings is 4. The third-order valence-corrected chi connectivity index (χ3v) is 11.6. The lowest BCUT2D eigenvalue weighted by molar-refractivity contribution is -0.129. The average Bonchev–Trinajstić information content (AvgIpc) is 3.00. The highest BCUT2D eigenvalue weighted by Gasteiger charge is 2.23. The maximum atomic E-state index is 13.7. The predicted molar refractivity (Wildman–Crippen MR) is 179 cm³/mol. The van der Waals surface area contributed by atoms with Gasteiger partial charge in [-0.3, -0.25) is 4.79 Å². The second kappa shape index (κ2) is 15.6. The molecule has 0 unspecified atom stereocenters. The number of carbonyl (C=O) groups is 2. The van der Waals surface area contributed by atoms with Crippen LogP contribution in [0, 0.1) is 0 Å². The Morgan fingerprint density at radius 3 is 1.26 bits per heavy atom. The van der Waals surface area contributed by atoms with Crippen LogP contribution in [0.25, 0.3) is 0 Å². The molecule has 0 radical (unpaired) electrons. The lowest BCUT2D eigenvalue weighted by Gasteiger charge is -2.29. The molecule has 0 atom stereocenters. The number of rotatable bonds is 12. The van der Waals surface area contributed by atoms with Crippen LogP contribution >= 0.6 is 15.8 Å². The van der Waals surface area contributed by atoms with E-state index >= 15 is 0 Å². The molecule has 2 amide bonds. The molecule has 0 spiro atoms. The Morgan fingerprint density at radius 1 is 0.619 bits per heavy atom. The fraction of sp³-hybridized carbons (Fsp3) is 0.257. The highest BCUT2D eigenvalue weighted by Crippen LogP contribution is 2.35. The maximum Gasteiger partial charge on any atom is 0.408 e. The van der Waals surface area contributed by atoms with E-state index in [0.717, 1.165) is 12.3 Å². The van der Waals surface area contributed by atoms with Crippen LogP contribution in [0.4, 0.5) is 4.79 Å². The Morgan fingerprint density at radius 2 is 0.952 bits per heavy atom. The summed E-state index contributed by atoms with van der Waals surface area (Å²) in [6, 6.07) is 42.2. The lowest BCUT2D eigenvalue weighted by Crippen LogP contribution is -2.44. The third-order valence-electron chi connectivity index (χ3n) is 6.59. The van der Waals surface area contributed by atoms with E-state index in [1.54, 1.807) is 0 Å². The maximum absolute atomic E-state index is 13.7. The molecule has 218 valence electrons. The summed E-state index contributed by atoms with van der Waals surface area (Å²) in [6.45, 7) is 6.52. The van der Waals surface area contributed by atoms with E-state index in [1.165, 1.54) is 21.2 Å². The van der Waals surface area contributed by atoms with E-state index in [-0.39, 0.29) is 12.5 Å². The minimum absolute atomic E-state index is 0.0991. The quantitative estimate of drug-likeness (QED) is 0.216. The van der Waals surface area contributed by atoms with Crippen LogP contribution in [-0.2, 0) is 9.53 Å². The largest absolute Gasteiger partial charge is 0.444 e. The zero-order valence-corrected chi connectivity index (χ0v) is 26.4. The highest BCUT2D eigenvalue weighted by molar-refractivity contribution is 7.73. The molecular weight excluding hydrogens is 558 g/mol. The Balaban J connectivity index is 1.55. The van der Waals surface area contributed by atoms with Crippen LogP contribution in [0.15, 0.2) is 121 Å². The van der Waals surface area contributed by atoms with Crippen LogP contribution in [0.5, 0.6) is 0 Å². The monoisotopic (exact) mass is 598 g/mol. The highest BCUT2D eigenvalue weighted by atomic mass is 31.1. The van der Waals surface area contributed by atoms with Crippen LogP contribution in [-0.4, -0.2) is 54.5 Å². The molecule has 0 aromatic heterocycles. The molecule has 0 fully saturated rings. The van der Waals surface area contributed by atoms with E-state index in [9.17, 15) is 9.59 Å². The fourth-order valence-corrected chi connectivity index (χ4v) is 9.26. The number of amides is 2. The fourth-order valence-electron chi connectivity index (χ4n) is 4.62. The van der Waals surface area contributed by atoms with Gasteiger partial charge in [0, 0.05) is 13.1 Å². The predicted octanol–water partition coefficient (Wildman–Crippen LogP) is 5.61. The van der Waals surface area contributed by atoms with Gasteiger partial charge in [0.15, 0.2) is 0 Å². The van der Waals surface area contributed by atoms with Crippen LogP contribution < -0.4 is 26.5 Å². The van der Waals surface area contributed by atoms with Crippen molar-refractivity contribution in [3.63, 3.8) is 0 Å². The van der Waals surface area contributed by atoms with Crippen molar-refractivity contribution in [1.82, 2.24) is 10.2 Å². The normalized spacial score (nSPS) is 11.4. The van der Waals surface area contributed by atoms with Gasteiger partial charge in [0.05, 0.1) is 0 Å². The molecule has 42 heavy (non-hydrogen) atoms. The molecule has 4 rings (SSSR count). The molecule has 0 aliphatic rings. The van der Waals surface area contributed by atoms with Crippen LogP contribution in [0.3, 0.4) is 0 Å². The summed E-state index contributed by atoms with van der Waals surface area (Å²) in [4.78, 5) is 27.9. The van der Waals surface area contributed by atoms with E-state index < -0.39 is 27.5 Å². The summed E-state index contributed by atoms with van der Waals surface area (Å²) in [6.07, 6.45) is 1.08. The first-order valence-corrected chi connectivity index (χ1v) is 17.4. The van der Waals surface area contributed by atoms with Gasteiger partial charge in [-0.05, 0) is 70.2 Å². The molecule has 1 N–H and O–H groups in total. The Kier molecular flexibility index (Phi) is 11.7. The molecule has 7 heteroatoms.